The lowest BCUT2D eigenvalue weighted by atomic mass is 9.87. The molecule has 0 aliphatic heterocycles. The minimum absolute atomic E-state index is 0.0595. The fourth-order valence-electron chi connectivity index (χ4n) is 1.28. The second-order valence-corrected chi connectivity index (χ2v) is 5.18. The lowest BCUT2D eigenvalue weighted by molar-refractivity contribution is -0.119. The summed E-state index contributed by atoms with van der Waals surface area (Å²) in [6.45, 7) is 4.91. The molecule has 0 saturated carbocycles. The molecule has 0 spiro atoms. The van der Waals surface area contributed by atoms with Gasteiger partial charge in [0.05, 0.1) is 6.04 Å². The number of benzene rings is 1. The summed E-state index contributed by atoms with van der Waals surface area (Å²) < 4.78 is 52.5. The fourth-order valence-corrected chi connectivity index (χ4v) is 1.28. The molecule has 0 unspecified atom stereocenters. The van der Waals surface area contributed by atoms with Crippen molar-refractivity contribution in [3.8, 4) is 0 Å². The van der Waals surface area contributed by atoms with Crippen LogP contribution >= 0.6 is 0 Å². The quantitative estimate of drug-likeness (QED) is 0.645. The minimum atomic E-state index is -1.67. The maximum atomic E-state index is 13.3. The number of nitrogens with one attached hydrogen (secondary N) is 1. The van der Waals surface area contributed by atoms with Crippen LogP contribution in [0.5, 0.6) is 0 Å². The number of anilines is 1. The second kappa shape index (κ2) is 5.16. The molecular weight excluding hydrogens is 264 g/mol. The predicted molar refractivity (Wildman–Crippen MR) is 62.3 cm³/mol. The molecule has 0 bridgehead atoms. The van der Waals surface area contributed by atoms with Crippen LogP contribution < -0.4 is 11.1 Å². The van der Waals surface area contributed by atoms with Crippen molar-refractivity contribution >= 4 is 11.6 Å². The van der Waals surface area contributed by atoms with Gasteiger partial charge in [0, 0.05) is 6.07 Å². The Morgan fingerprint density at radius 3 is 1.95 bits per heavy atom. The predicted octanol–water partition coefficient (Wildman–Crippen LogP) is 2.55. The number of hydrogen-bond donors (Lipinski definition) is 2. The minimum Gasteiger partial charge on any atom is -0.320 e. The average molecular weight is 278 g/mol. The summed E-state index contributed by atoms with van der Waals surface area (Å²) in [6, 6.07) is -1.04. The fraction of sp³-hybridized carbons (Fsp3) is 0.417. The van der Waals surface area contributed by atoms with Crippen LogP contribution in [0, 0.1) is 28.7 Å². The van der Waals surface area contributed by atoms with Gasteiger partial charge in [-0.1, -0.05) is 20.8 Å². The first-order valence-electron chi connectivity index (χ1n) is 5.45. The van der Waals surface area contributed by atoms with E-state index in [4.69, 9.17) is 5.73 Å². The third-order valence-corrected chi connectivity index (χ3v) is 2.58. The van der Waals surface area contributed by atoms with Crippen LogP contribution in [0.2, 0.25) is 0 Å². The molecule has 1 amide bonds. The van der Waals surface area contributed by atoms with Gasteiger partial charge in [-0.3, -0.25) is 4.79 Å². The van der Waals surface area contributed by atoms with Gasteiger partial charge in [0.2, 0.25) is 5.91 Å². The standard InChI is InChI=1S/C12H14F4N2O/c1-12(2,3)10(17)11(19)18-9-7(15)5(13)4-6(14)8(9)16/h4,10H,17H2,1-3H3,(H,18,19)/t10-/m0/s1. The number of amides is 1. The van der Waals surface area contributed by atoms with Gasteiger partial charge in [0.25, 0.3) is 0 Å². The lowest BCUT2D eigenvalue weighted by Gasteiger charge is -2.26. The number of carbonyl (C=O) groups excluding carboxylic acids is 1. The summed E-state index contributed by atoms with van der Waals surface area (Å²) in [4.78, 5) is 11.7. The monoisotopic (exact) mass is 278 g/mol. The topological polar surface area (TPSA) is 55.1 Å². The number of halogens is 4. The molecular formula is C12H14F4N2O. The maximum absolute atomic E-state index is 13.3. The third-order valence-electron chi connectivity index (χ3n) is 2.58. The second-order valence-electron chi connectivity index (χ2n) is 5.18. The molecule has 0 aliphatic carbocycles. The van der Waals surface area contributed by atoms with E-state index >= 15 is 0 Å². The van der Waals surface area contributed by atoms with E-state index in [1.54, 1.807) is 26.1 Å². The summed E-state index contributed by atoms with van der Waals surface area (Å²) >= 11 is 0. The number of carbonyl (C=O) groups is 1. The van der Waals surface area contributed by atoms with Crippen molar-refractivity contribution in [1.29, 1.82) is 0 Å². The van der Waals surface area contributed by atoms with Crippen LogP contribution in [0.25, 0.3) is 0 Å². The van der Waals surface area contributed by atoms with Crippen LogP contribution in [-0.4, -0.2) is 11.9 Å². The summed E-state index contributed by atoms with van der Waals surface area (Å²) in [7, 11) is 0. The Hall–Kier alpha value is -1.63. The molecule has 1 rings (SSSR count). The van der Waals surface area contributed by atoms with E-state index in [1.807, 2.05) is 0 Å². The number of rotatable bonds is 2. The summed E-state index contributed by atoms with van der Waals surface area (Å²) in [6.07, 6.45) is 0. The highest BCUT2D eigenvalue weighted by molar-refractivity contribution is 5.95. The van der Waals surface area contributed by atoms with Crippen molar-refractivity contribution in [2.24, 2.45) is 11.1 Å². The highest BCUT2D eigenvalue weighted by Gasteiger charge is 2.29. The maximum Gasteiger partial charge on any atom is 0.241 e. The molecule has 3 N–H and O–H groups in total. The highest BCUT2D eigenvalue weighted by Crippen LogP contribution is 2.25. The average Bonchev–Trinajstić information content (AvgIpc) is 2.29. The van der Waals surface area contributed by atoms with Crippen LogP contribution in [0.3, 0.4) is 0 Å². The van der Waals surface area contributed by atoms with Gasteiger partial charge in [0.15, 0.2) is 23.3 Å². The smallest absolute Gasteiger partial charge is 0.241 e. The van der Waals surface area contributed by atoms with E-state index in [1.165, 1.54) is 0 Å². The van der Waals surface area contributed by atoms with E-state index in [0.717, 1.165) is 0 Å². The lowest BCUT2D eigenvalue weighted by Crippen LogP contribution is -2.45. The van der Waals surface area contributed by atoms with Gasteiger partial charge < -0.3 is 11.1 Å². The summed E-state index contributed by atoms with van der Waals surface area (Å²) in [5.74, 6) is -7.48. The first-order chi connectivity index (χ1) is 8.55. The zero-order chi connectivity index (χ0) is 15.0. The van der Waals surface area contributed by atoms with Crippen LogP contribution in [0.4, 0.5) is 23.2 Å². The normalized spacial score (nSPS) is 13.3. The Morgan fingerprint density at radius 1 is 1.16 bits per heavy atom. The van der Waals surface area contributed by atoms with Crippen molar-refractivity contribution in [2.75, 3.05) is 5.32 Å². The van der Waals surface area contributed by atoms with Crippen molar-refractivity contribution in [3.63, 3.8) is 0 Å². The van der Waals surface area contributed by atoms with Crippen molar-refractivity contribution in [1.82, 2.24) is 0 Å². The molecule has 0 radical (unpaired) electrons. The van der Waals surface area contributed by atoms with Gasteiger partial charge in [-0.25, -0.2) is 17.6 Å². The Balaban J connectivity index is 3.11. The SMILES string of the molecule is CC(C)(C)[C@@H](N)C(=O)Nc1c(F)c(F)cc(F)c1F. The Kier molecular flexibility index (Phi) is 4.19. The zero-order valence-electron chi connectivity index (χ0n) is 10.7. The molecule has 0 aromatic heterocycles. The largest absolute Gasteiger partial charge is 0.320 e. The first kappa shape index (κ1) is 15.4. The number of hydrogen-bond acceptors (Lipinski definition) is 2. The molecule has 0 saturated heterocycles. The molecule has 1 atom stereocenters. The molecule has 3 nitrogen and oxygen atoms in total. The Labute approximate surface area is 107 Å². The van der Waals surface area contributed by atoms with E-state index in [2.05, 4.69) is 0 Å². The Bertz CT molecular complexity index is 485. The van der Waals surface area contributed by atoms with Gasteiger partial charge >= 0.3 is 0 Å². The van der Waals surface area contributed by atoms with Crippen molar-refractivity contribution in [3.05, 3.63) is 29.3 Å². The van der Waals surface area contributed by atoms with Gasteiger partial charge in [-0.2, -0.15) is 0 Å². The molecule has 19 heavy (non-hydrogen) atoms. The molecule has 1 aromatic carbocycles. The Morgan fingerprint density at radius 2 is 1.58 bits per heavy atom. The van der Waals surface area contributed by atoms with Crippen molar-refractivity contribution < 1.29 is 22.4 Å². The molecule has 1 aromatic rings. The van der Waals surface area contributed by atoms with Gasteiger partial charge in [-0.05, 0) is 5.41 Å². The first-order valence-corrected chi connectivity index (χ1v) is 5.45. The van der Waals surface area contributed by atoms with E-state index in [0.29, 0.717) is 0 Å². The molecule has 7 heteroatoms. The van der Waals surface area contributed by atoms with E-state index in [-0.39, 0.29) is 6.07 Å². The highest BCUT2D eigenvalue weighted by atomic mass is 19.2. The summed E-state index contributed by atoms with van der Waals surface area (Å²) in [5, 5.41) is 1.77. The van der Waals surface area contributed by atoms with Crippen LogP contribution in [-0.2, 0) is 4.79 Å². The zero-order valence-corrected chi connectivity index (χ0v) is 10.7. The third kappa shape index (κ3) is 3.23. The van der Waals surface area contributed by atoms with Crippen LogP contribution in [0.1, 0.15) is 20.8 Å². The van der Waals surface area contributed by atoms with Crippen LogP contribution in [0.15, 0.2) is 6.07 Å². The van der Waals surface area contributed by atoms with Gasteiger partial charge in [0.1, 0.15) is 5.69 Å². The van der Waals surface area contributed by atoms with E-state index < -0.39 is 46.3 Å². The molecule has 106 valence electrons. The summed E-state index contributed by atoms with van der Waals surface area (Å²) in [5.41, 5.74) is 3.72. The van der Waals surface area contributed by atoms with Crippen molar-refractivity contribution in [2.45, 2.75) is 26.8 Å². The number of nitrogens with two attached hydrogens (primary N) is 1. The molecule has 0 aliphatic rings. The molecule has 0 heterocycles. The van der Waals surface area contributed by atoms with E-state index in [9.17, 15) is 22.4 Å². The van der Waals surface area contributed by atoms with Gasteiger partial charge in [-0.15, -0.1) is 0 Å². The molecule has 0 fully saturated rings.